The first-order valence-electron chi connectivity index (χ1n) is 6.48. The third-order valence-corrected chi connectivity index (χ3v) is 3.02. The Kier molecular flexibility index (Phi) is 5.00. The maximum Gasteiger partial charge on any atom is 0.417 e. The topological polar surface area (TPSA) is 60.5 Å². The summed E-state index contributed by atoms with van der Waals surface area (Å²) in [5.74, 6) is -0.146. The molecule has 5 nitrogen and oxygen atoms in total. The quantitative estimate of drug-likeness (QED) is 0.840. The van der Waals surface area contributed by atoms with Crippen molar-refractivity contribution < 1.29 is 27.4 Å². The third kappa shape index (κ3) is 4.59. The Labute approximate surface area is 119 Å². The number of carbonyl (C=O) groups is 1. The summed E-state index contributed by atoms with van der Waals surface area (Å²) in [6.07, 6.45) is -3.00. The minimum absolute atomic E-state index is 0.0847. The van der Waals surface area contributed by atoms with Crippen LogP contribution in [0.4, 0.5) is 13.2 Å². The predicted molar refractivity (Wildman–Crippen MR) is 66.7 cm³/mol. The Morgan fingerprint density at radius 2 is 2.29 bits per heavy atom. The highest BCUT2D eigenvalue weighted by Crippen LogP contribution is 2.29. The number of carbonyl (C=O) groups excluding carboxylic acids is 1. The standard InChI is InChI=1S/C13H15F3N2O3/c14-13(15,16)10-1-2-11(18-7-10)21-6-4-17-12(19)9-3-5-20-8-9/h1-2,7,9H,3-6,8H2,(H,17,19). The number of halogens is 3. The Hall–Kier alpha value is -1.83. The van der Waals surface area contributed by atoms with Gasteiger partial charge < -0.3 is 14.8 Å². The number of ether oxygens (including phenoxy) is 2. The van der Waals surface area contributed by atoms with Crippen LogP contribution in [0.1, 0.15) is 12.0 Å². The molecule has 1 aliphatic heterocycles. The van der Waals surface area contributed by atoms with Crippen molar-refractivity contribution in [2.75, 3.05) is 26.4 Å². The lowest BCUT2D eigenvalue weighted by molar-refractivity contribution is -0.137. The van der Waals surface area contributed by atoms with E-state index in [1.165, 1.54) is 0 Å². The number of amides is 1. The van der Waals surface area contributed by atoms with Gasteiger partial charge in [-0.1, -0.05) is 0 Å². The van der Waals surface area contributed by atoms with E-state index in [-0.39, 0.29) is 30.9 Å². The minimum atomic E-state index is -4.41. The molecule has 1 aliphatic rings. The van der Waals surface area contributed by atoms with Crippen molar-refractivity contribution in [1.82, 2.24) is 10.3 Å². The minimum Gasteiger partial charge on any atom is -0.476 e. The highest BCUT2D eigenvalue weighted by Gasteiger charge is 2.30. The summed E-state index contributed by atoms with van der Waals surface area (Å²) in [4.78, 5) is 15.2. The van der Waals surface area contributed by atoms with Crippen LogP contribution < -0.4 is 10.1 Å². The summed E-state index contributed by atoms with van der Waals surface area (Å²) in [6, 6.07) is 2.05. The first kappa shape index (κ1) is 15.6. The molecule has 1 saturated heterocycles. The molecule has 1 amide bonds. The molecule has 0 spiro atoms. The highest BCUT2D eigenvalue weighted by molar-refractivity contribution is 5.78. The Balaban J connectivity index is 1.70. The van der Waals surface area contributed by atoms with Gasteiger partial charge in [0, 0.05) is 18.9 Å². The Bertz CT molecular complexity index is 471. The monoisotopic (exact) mass is 304 g/mol. The summed E-state index contributed by atoms with van der Waals surface area (Å²) in [5, 5.41) is 2.68. The number of alkyl halides is 3. The van der Waals surface area contributed by atoms with Crippen LogP contribution in [0.5, 0.6) is 5.88 Å². The second-order valence-electron chi connectivity index (χ2n) is 4.58. The van der Waals surface area contributed by atoms with E-state index >= 15 is 0 Å². The molecule has 1 aromatic rings. The van der Waals surface area contributed by atoms with E-state index < -0.39 is 11.7 Å². The van der Waals surface area contributed by atoms with E-state index in [2.05, 4.69) is 10.3 Å². The maximum atomic E-state index is 12.3. The fourth-order valence-electron chi connectivity index (χ4n) is 1.85. The van der Waals surface area contributed by atoms with E-state index in [1.807, 2.05) is 0 Å². The van der Waals surface area contributed by atoms with Crippen LogP contribution in [0.3, 0.4) is 0 Å². The molecule has 1 aromatic heterocycles. The van der Waals surface area contributed by atoms with Crippen molar-refractivity contribution in [2.24, 2.45) is 5.92 Å². The average molecular weight is 304 g/mol. The maximum absolute atomic E-state index is 12.3. The third-order valence-electron chi connectivity index (χ3n) is 3.02. The van der Waals surface area contributed by atoms with Crippen molar-refractivity contribution in [3.63, 3.8) is 0 Å². The predicted octanol–water partition coefficient (Wildman–Crippen LogP) is 1.63. The van der Waals surface area contributed by atoms with Gasteiger partial charge in [0.15, 0.2) is 0 Å². The normalized spacial score (nSPS) is 18.5. The summed E-state index contributed by atoms with van der Waals surface area (Å²) in [7, 11) is 0. The smallest absolute Gasteiger partial charge is 0.417 e. The fraction of sp³-hybridized carbons (Fsp3) is 0.538. The molecule has 1 N–H and O–H groups in total. The molecule has 0 bridgehead atoms. The first-order chi connectivity index (χ1) is 9.97. The van der Waals surface area contributed by atoms with E-state index in [4.69, 9.17) is 9.47 Å². The summed E-state index contributed by atoms with van der Waals surface area (Å²) in [5.41, 5.74) is -0.829. The van der Waals surface area contributed by atoms with Crippen LogP contribution in [0.25, 0.3) is 0 Å². The van der Waals surface area contributed by atoms with E-state index in [9.17, 15) is 18.0 Å². The molecule has 2 heterocycles. The number of rotatable bonds is 5. The summed E-state index contributed by atoms with van der Waals surface area (Å²) < 4.78 is 47.2. The van der Waals surface area contributed by atoms with Crippen molar-refractivity contribution in [3.05, 3.63) is 23.9 Å². The molecule has 1 fully saturated rings. The van der Waals surface area contributed by atoms with Gasteiger partial charge in [0.25, 0.3) is 0 Å². The van der Waals surface area contributed by atoms with Gasteiger partial charge in [-0.2, -0.15) is 13.2 Å². The number of nitrogens with zero attached hydrogens (tertiary/aromatic N) is 1. The number of hydrogen-bond acceptors (Lipinski definition) is 4. The van der Waals surface area contributed by atoms with Gasteiger partial charge in [0.05, 0.1) is 24.6 Å². The number of nitrogens with one attached hydrogen (secondary N) is 1. The van der Waals surface area contributed by atoms with Crippen molar-refractivity contribution in [1.29, 1.82) is 0 Å². The summed E-state index contributed by atoms with van der Waals surface area (Å²) in [6.45, 7) is 1.41. The van der Waals surface area contributed by atoms with Gasteiger partial charge in [0.2, 0.25) is 11.8 Å². The van der Waals surface area contributed by atoms with Crippen molar-refractivity contribution in [3.8, 4) is 5.88 Å². The molecule has 21 heavy (non-hydrogen) atoms. The number of aromatic nitrogens is 1. The number of hydrogen-bond donors (Lipinski definition) is 1. The first-order valence-corrected chi connectivity index (χ1v) is 6.48. The lowest BCUT2D eigenvalue weighted by atomic mass is 10.1. The van der Waals surface area contributed by atoms with Crippen LogP contribution in [0, 0.1) is 5.92 Å². The molecule has 0 saturated carbocycles. The zero-order chi connectivity index (χ0) is 15.3. The molecule has 1 unspecified atom stereocenters. The lowest BCUT2D eigenvalue weighted by Crippen LogP contribution is -2.33. The molecule has 0 aliphatic carbocycles. The van der Waals surface area contributed by atoms with Crippen molar-refractivity contribution >= 4 is 5.91 Å². The second-order valence-corrected chi connectivity index (χ2v) is 4.58. The largest absolute Gasteiger partial charge is 0.476 e. The molecular formula is C13H15F3N2O3. The van der Waals surface area contributed by atoms with Crippen LogP contribution >= 0.6 is 0 Å². The van der Waals surface area contributed by atoms with E-state index in [0.29, 0.717) is 25.8 Å². The molecule has 1 atom stereocenters. The highest BCUT2D eigenvalue weighted by atomic mass is 19.4. The zero-order valence-electron chi connectivity index (χ0n) is 11.2. The zero-order valence-corrected chi connectivity index (χ0v) is 11.2. The molecule has 2 rings (SSSR count). The molecule has 116 valence electrons. The van der Waals surface area contributed by atoms with E-state index in [1.54, 1.807) is 0 Å². The van der Waals surface area contributed by atoms with Gasteiger partial charge in [-0.05, 0) is 12.5 Å². The Morgan fingerprint density at radius 3 is 2.86 bits per heavy atom. The van der Waals surface area contributed by atoms with Crippen LogP contribution in [-0.4, -0.2) is 37.3 Å². The average Bonchev–Trinajstić information content (AvgIpc) is 2.97. The lowest BCUT2D eigenvalue weighted by Gasteiger charge is -2.10. The van der Waals surface area contributed by atoms with Gasteiger partial charge >= 0.3 is 6.18 Å². The van der Waals surface area contributed by atoms with Crippen LogP contribution in [0.2, 0.25) is 0 Å². The summed E-state index contributed by atoms with van der Waals surface area (Å²) >= 11 is 0. The molecule has 0 aromatic carbocycles. The van der Waals surface area contributed by atoms with Gasteiger partial charge in [-0.15, -0.1) is 0 Å². The molecular weight excluding hydrogens is 289 g/mol. The van der Waals surface area contributed by atoms with Crippen molar-refractivity contribution in [2.45, 2.75) is 12.6 Å². The van der Waals surface area contributed by atoms with Gasteiger partial charge in [-0.25, -0.2) is 4.98 Å². The van der Waals surface area contributed by atoms with Crippen LogP contribution in [0.15, 0.2) is 18.3 Å². The van der Waals surface area contributed by atoms with Gasteiger partial charge in [-0.3, -0.25) is 4.79 Å². The number of pyridine rings is 1. The molecule has 8 heteroatoms. The van der Waals surface area contributed by atoms with E-state index in [0.717, 1.165) is 12.1 Å². The Morgan fingerprint density at radius 1 is 1.48 bits per heavy atom. The molecule has 0 radical (unpaired) electrons. The SMILES string of the molecule is O=C(NCCOc1ccc(C(F)(F)F)cn1)C1CCOC1. The van der Waals surface area contributed by atoms with Crippen LogP contribution in [-0.2, 0) is 15.7 Å². The van der Waals surface area contributed by atoms with Gasteiger partial charge in [0.1, 0.15) is 6.61 Å². The second kappa shape index (κ2) is 6.75. The fourth-order valence-corrected chi connectivity index (χ4v) is 1.85.